The van der Waals surface area contributed by atoms with Crippen LogP contribution in [0.15, 0.2) is 264 Å². The van der Waals surface area contributed by atoms with E-state index < -0.39 is 0 Å². The third-order valence-corrected chi connectivity index (χ3v) is 19.6. The molecule has 382 valence electrons. The number of fused-ring (bicyclic) bond motifs is 18. The molecule has 0 aliphatic carbocycles. The molecule has 6 nitrogen and oxygen atoms in total. The van der Waals surface area contributed by atoms with Crippen molar-refractivity contribution in [2.24, 2.45) is 0 Å². The zero-order valence-electron chi connectivity index (χ0n) is 43.7. The zero-order valence-corrected chi connectivity index (χ0v) is 45.3. The highest BCUT2D eigenvalue weighted by molar-refractivity contribution is 7.26. The van der Waals surface area contributed by atoms with E-state index in [4.69, 9.17) is 8.83 Å². The van der Waals surface area contributed by atoms with Crippen LogP contribution in [0.3, 0.4) is 0 Å². The van der Waals surface area contributed by atoms with Crippen molar-refractivity contribution in [3.63, 3.8) is 0 Å². The number of furan rings is 2. The van der Waals surface area contributed by atoms with Crippen LogP contribution in [-0.2, 0) is 0 Å². The van der Waals surface area contributed by atoms with Gasteiger partial charge in [-0.05, 0) is 72.8 Å². The molecule has 82 heavy (non-hydrogen) atoms. The van der Waals surface area contributed by atoms with Gasteiger partial charge in [0.15, 0.2) is 0 Å². The van der Waals surface area contributed by atoms with Crippen molar-refractivity contribution in [1.29, 1.82) is 0 Å². The minimum Gasteiger partial charge on any atom is -0.456 e. The van der Waals surface area contributed by atoms with Crippen LogP contribution >= 0.6 is 22.7 Å². The van der Waals surface area contributed by atoms with Gasteiger partial charge in [0.05, 0.1) is 77.6 Å². The second-order valence-electron chi connectivity index (χ2n) is 21.5. The summed E-state index contributed by atoms with van der Waals surface area (Å²) in [6.07, 6.45) is 0. The molecule has 0 N–H and O–H groups in total. The molecule has 2 aliphatic heterocycles. The molecule has 4 aromatic heterocycles. The van der Waals surface area contributed by atoms with Crippen molar-refractivity contribution in [1.82, 2.24) is 0 Å². The highest BCUT2D eigenvalue weighted by Crippen LogP contribution is 2.63. The van der Waals surface area contributed by atoms with Crippen molar-refractivity contribution in [3.05, 3.63) is 255 Å². The minimum absolute atomic E-state index is 0.837. The lowest BCUT2D eigenvalue weighted by Gasteiger charge is -2.43. The van der Waals surface area contributed by atoms with Gasteiger partial charge in [0.1, 0.15) is 22.3 Å². The van der Waals surface area contributed by atoms with Crippen molar-refractivity contribution in [3.8, 4) is 0 Å². The molecule has 0 fully saturated rings. The van der Waals surface area contributed by atoms with E-state index in [2.05, 4.69) is 274 Å². The van der Waals surface area contributed by atoms with Gasteiger partial charge >= 0.3 is 0 Å². The SMILES string of the molecule is c1ccc2c(c1)N(c1c3ccccc3c(N3c4ccccc4N(c4cccc5c4sc4ccccc45)c4cc5c(cc43)oc3ccccc35)c3ccccc13)c1cc3oc4ccccc4c3cc1N2c1cccc2c1sc1ccccc12. The largest absolute Gasteiger partial charge is 0.456 e. The molecule has 19 rings (SSSR count). The Balaban J connectivity index is 0.901. The number of nitrogens with zero attached hydrogens (tertiary/aromatic N) is 4. The first-order valence-corrected chi connectivity index (χ1v) is 29.4. The molecule has 0 amide bonds. The first kappa shape index (κ1) is 44.5. The summed E-state index contributed by atoms with van der Waals surface area (Å²) in [6.45, 7) is 0. The van der Waals surface area contributed by atoms with E-state index in [1.807, 2.05) is 22.7 Å². The van der Waals surface area contributed by atoms with E-state index in [-0.39, 0.29) is 0 Å². The Bertz CT molecular complexity index is 5210. The maximum Gasteiger partial charge on any atom is 0.137 e. The Morgan fingerprint density at radius 3 is 0.927 bits per heavy atom. The average molecular weight is 1080 g/mol. The van der Waals surface area contributed by atoms with Crippen LogP contribution in [-0.4, -0.2) is 0 Å². The molecule has 0 atom stereocenters. The fourth-order valence-corrected chi connectivity index (χ4v) is 16.2. The van der Waals surface area contributed by atoms with Gasteiger partial charge in [-0.2, -0.15) is 0 Å². The molecule has 0 bridgehead atoms. The zero-order chi connectivity index (χ0) is 53.3. The van der Waals surface area contributed by atoms with Gasteiger partial charge in [-0.1, -0.05) is 170 Å². The summed E-state index contributed by atoms with van der Waals surface area (Å²) in [6, 6.07) is 93.3. The van der Waals surface area contributed by atoms with Crippen LogP contribution in [0.5, 0.6) is 0 Å². The van der Waals surface area contributed by atoms with Crippen molar-refractivity contribution >= 4 is 197 Å². The summed E-state index contributed by atoms with van der Waals surface area (Å²) in [4.78, 5) is 10.1. The van der Waals surface area contributed by atoms with Crippen molar-refractivity contribution < 1.29 is 8.83 Å². The maximum absolute atomic E-state index is 6.85. The highest BCUT2D eigenvalue weighted by atomic mass is 32.1. The first-order chi connectivity index (χ1) is 40.7. The fraction of sp³-hybridized carbons (Fsp3) is 0. The highest BCUT2D eigenvalue weighted by Gasteiger charge is 2.38. The lowest BCUT2D eigenvalue weighted by molar-refractivity contribution is 0.668. The molecule has 0 radical (unpaired) electrons. The number of anilines is 12. The minimum atomic E-state index is 0.837. The Hall–Kier alpha value is -10.4. The second kappa shape index (κ2) is 16.6. The van der Waals surface area contributed by atoms with Crippen LogP contribution in [0, 0.1) is 0 Å². The molecule has 13 aromatic carbocycles. The first-order valence-electron chi connectivity index (χ1n) is 27.7. The summed E-state index contributed by atoms with van der Waals surface area (Å²) in [7, 11) is 0. The number of hydrogen-bond donors (Lipinski definition) is 0. The molecular formula is C74H42N4O2S2. The lowest BCUT2D eigenvalue weighted by atomic mass is 9.93. The second-order valence-corrected chi connectivity index (χ2v) is 23.6. The normalized spacial score (nSPS) is 13.3. The number of thiophene rings is 2. The average Bonchev–Trinajstić information content (AvgIpc) is 2.89. The van der Waals surface area contributed by atoms with Crippen LogP contribution in [0.25, 0.3) is 106 Å². The Morgan fingerprint density at radius 2 is 0.512 bits per heavy atom. The lowest BCUT2D eigenvalue weighted by Crippen LogP contribution is -2.25. The van der Waals surface area contributed by atoms with Crippen LogP contribution < -0.4 is 19.6 Å². The number of rotatable bonds is 4. The van der Waals surface area contributed by atoms with Crippen LogP contribution in [0.4, 0.5) is 68.2 Å². The Labute approximate surface area is 476 Å². The smallest absolute Gasteiger partial charge is 0.137 e. The number of benzene rings is 13. The van der Waals surface area contributed by atoms with E-state index in [0.717, 1.165) is 134 Å². The molecule has 0 unspecified atom stereocenters. The van der Waals surface area contributed by atoms with E-state index in [1.165, 1.54) is 40.3 Å². The number of para-hydroxylation sites is 6. The van der Waals surface area contributed by atoms with Gasteiger partial charge < -0.3 is 28.4 Å². The summed E-state index contributed by atoms with van der Waals surface area (Å²) < 4.78 is 18.7. The molecule has 8 heteroatoms. The summed E-state index contributed by atoms with van der Waals surface area (Å²) in [5, 5.41) is 13.8. The van der Waals surface area contributed by atoms with Crippen LogP contribution in [0.2, 0.25) is 0 Å². The maximum atomic E-state index is 6.85. The summed E-state index contributed by atoms with van der Waals surface area (Å²) in [5.41, 5.74) is 16.4. The predicted octanol–water partition coefficient (Wildman–Crippen LogP) is 23.0. The van der Waals surface area contributed by atoms with Gasteiger partial charge in [0.25, 0.3) is 0 Å². The third kappa shape index (κ3) is 6.01. The predicted molar refractivity (Wildman–Crippen MR) is 348 cm³/mol. The molecule has 0 saturated heterocycles. The number of hydrogen-bond acceptors (Lipinski definition) is 8. The fourth-order valence-electron chi connectivity index (χ4n) is 13.8. The molecule has 2 aliphatic rings. The Kier molecular flexibility index (Phi) is 9.00. The van der Waals surface area contributed by atoms with Gasteiger partial charge in [0.2, 0.25) is 0 Å². The summed E-state index contributed by atoms with van der Waals surface area (Å²) >= 11 is 3.72. The molecular weight excluding hydrogens is 1040 g/mol. The van der Waals surface area contributed by atoms with Crippen molar-refractivity contribution in [2.75, 3.05) is 19.6 Å². The van der Waals surface area contributed by atoms with Gasteiger partial charge in [0, 0.05) is 86.2 Å². The van der Waals surface area contributed by atoms with E-state index >= 15 is 0 Å². The van der Waals surface area contributed by atoms with Crippen molar-refractivity contribution in [2.45, 2.75) is 0 Å². The molecule has 6 heterocycles. The van der Waals surface area contributed by atoms with E-state index in [0.29, 0.717) is 0 Å². The van der Waals surface area contributed by atoms with Crippen LogP contribution in [0.1, 0.15) is 0 Å². The standard InChI is InChI=1S/C74H42N4O2S2/c1-2-24-48-47(23-1)71(77-57-31-11-9-29-55(57)75(59-33-17-27-51-45-21-7-15-37-69(45)81-73(51)59)61-39-53-43-19-5-13-35-65(43)79-67(53)41-63(61)77)49-25-3-4-26-50(49)72(48)78-58-32-12-10-30-56(58)76(60-34-18-28-52-46-22-8-16-38-70(46)82-74(52)60)62-40-54-44-20-6-14-36-66(44)80-68(54)42-64(62)78/h1-42H. The summed E-state index contributed by atoms with van der Waals surface area (Å²) in [5.74, 6) is 0. The van der Waals surface area contributed by atoms with E-state index in [9.17, 15) is 0 Å². The monoisotopic (exact) mass is 1080 g/mol. The third-order valence-electron chi connectivity index (χ3n) is 17.2. The van der Waals surface area contributed by atoms with E-state index in [1.54, 1.807) is 0 Å². The molecule has 17 aromatic rings. The van der Waals surface area contributed by atoms with Gasteiger partial charge in [-0.25, -0.2) is 0 Å². The Morgan fingerprint density at radius 1 is 0.207 bits per heavy atom. The van der Waals surface area contributed by atoms with Gasteiger partial charge in [-0.3, -0.25) is 0 Å². The quantitative estimate of drug-likeness (QED) is 0.164. The molecule has 0 saturated carbocycles. The topological polar surface area (TPSA) is 39.2 Å². The molecule has 0 spiro atoms. The van der Waals surface area contributed by atoms with Gasteiger partial charge in [-0.15, -0.1) is 22.7 Å².